The molecule has 0 fully saturated rings. The molecule has 0 amide bonds. The van der Waals surface area contributed by atoms with Crippen LogP contribution in [0.3, 0.4) is 0 Å². The smallest absolute Gasteiger partial charge is 0.0766 e. The second-order valence-corrected chi connectivity index (χ2v) is 6.86. The van der Waals surface area contributed by atoms with Gasteiger partial charge >= 0.3 is 0 Å². The summed E-state index contributed by atoms with van der Waals surface area (Å²) >= 11 is 5.47. The van der Waals surface area contributed by atoms with E-state index in [4.69, 9.17) is 5.84 Å². The molecule has 0 aliphatic rings. The molecule has 20 heavy (non-hydrogen) atoms. The third-order valence-electron chi connectivity index (χ3n) is 3.40. The predicted molar refractivity (Wildman–Crippen MR) is 87.8 cm³/mol. The number of hydrazine groups is 1. The van der Waals surface area contributed by atoms with Crippen LogP contribution in [-0.2, 0) is 19.4 Å². The number of nitrogens with two attached hydrogens (primary N) is 1. The van der Waals surface area contributed by atoms with Gasteiger partial charge in [-0.2, -0.15) is 5.10 Å². The minimum Gasteiger partial charge on any atom is -0.271 e. The van der Waals surface area contributed by atoms with Gasteiger partial charge in [-0.25, -0.2) is 0 Å². The molecule has 3 N–H and O–H groups in total. The molecule has 0 saturated heterocycles. The number of thiophene rings is 1. The van der Waals surface area contributed by atoms with Crippen molar-refractivity contribution >= 4 is 27.3 Å². The molecule has 0 bridgehead atoms. The van der Waals surface area contributed by atoms with E-state index < -0.39 is 0 Å². The van der Waals surface area contributed by atoms with E-state index in [0.29, 0.717) is 0 Å². The SMILES string of the molecule is CCc1nn(CC)c(CC(NN)c2ccc(C)s2)c1Br. The minimum absolute atomic E-state index is 0.122. The normalized spacial score (nSPS) is 12.8. The molecule has 0 radical (unpaired) electrons. The molecule has 4 nitrogen and oxygen atoms in total. The van der Waals surface area contributed by atoms with E-state index in [-0.39, 0.29) is 6.04 Å². The Morgan fingerprint density at radius 2 is 2.20 bits per heavy atom. The van der Waals surface area contributed by atoms with Crippen LogP contribution in [0.4, 0.5) is 0 Å². The zero-order chi connectivity index (χ0) is 14.7. The number of rotatable bonds is 6. The van der Waals surface area contributed by atoms with Crippen LogP contribution in [-0.4, -0.2) is 9.78 Å². The summed E-state index contributed by atoms with van der Waals surface area (Å²) in [7, 11) is 0. The lowest BCUT2D eigenvalue weighted by atomic mass is 10.1. The molecule has 110 valence electrons. The van der Waals surface area contributed by atoms with Gasteiger partial charge < -0.3 is 0 Å². The van der Waals surface area contributed by atoms with Crippen LogP contribution in [0.2, 0.25) is 0 Å². The number of halogens is 1. The maximum Gasteiger partial charge on any atom is 0.0766 e. The van der Waals surface area contributed by atoms with Crippen LogP contribution in [0, 0.1) is 6.92 Å². The zero-order valence-electron chi connectivity index (χ0n) is 12.1. The average molecular weight is 357 g/mol. The van der Waals surface area contributed by atoms with Gasteiger partial charge in [0.05, 0.1) is 21.9 Å². The lowest BCUT2D eigenvalue weighted by Gasteiger charge is -2.15. The number of hydrogen-bond donors (Lipinski definition) is 2. The topological polar surface area (TPSA) is 55.9 Å². The first-order chi connectivity index (χ1) is 9.60. The standard InChI is InChI=1S/C14H21BrN4S/c1-4-10-14(15)12(19(5-2)18-10)8-11(17-16)13-7-6-9(3)20-13/h6-7,11,17H,4-5,8,16H2,1-3H3. The van der Waals surface area contributed by atoms with Crippen molar-refractivity contribution in [3.05, 3.63) is 37.7 Å². The van der Waals surface area contributed by atoms with Gasteiger partial charge in [0.1, 0.15) is 0 Å². The molecular formula is C14H21BrN4S. The summed E-state index contributed by atoms with van der Waals surface area (Å²) in [4.78, 5) is 2.57. The fraction of sp³-hybridized carbons (Fsp3) is 0.500. The number of aromatic nitrogens is 2. The van der Waals surface area contributed by atoms with E-state index >= 15 is 0 Å². The summed E-state index contributed by atoms with van der Waals surface area (Å²) in [6.45, 7) is 7.22. The van der Waals surface area contributed by atoms with Gasteiger partial charge in [-0.3, -0.25) is 16.0 Å². The molecule has 0 aliphatic heterocycles. The molecule has 2 rings (SSSR count). The molecule has 0 spiro atoms. The fourth-order valence-corrected chi connectivity index (χ4v) is 3.95. The van der Waals surface area contributed by atoms with E-state index in [9.17, 15) is 0 Å². The van der Waals surface area contributed by atoms with Crippen molar-refractivity contribution in [1.82, 2.24) is 15.2 Å². The van der Waals surface area contributed by atoms with Crippen LogP contribution in [0.1, 0.15) is 41.0 Å². The van der Waals surface area contributed by atoms with Crippen molar-refractivity contribution in [3.63, 3.8) is 0 Å². The van der Waals surface area contributed by atoms with E-state index in [1.807, 2.05) is 0 Å². The molecule has 0 saturated carbocycles. The summed E-state index contributed by atoms with van der Waals surface area (Å²) in [5.41, 5.74) is 5.25. The highest BCUT2D eigenvalue weighted by atomic mass is 79.9. The van der Waals surface area contributed by atoms with E-state index in [1.54, 1.807) is 11.3 Å². The Morgan fingerprint density at radius 3 is 2.70 bits per heavy atom. The Hall–Kier alpha value is -0.690. The molecule has 6 heteroatoms. The van der Waals surface area contributed by atoms with Gasteiger partial charge in [0, 0.05) is 22.7 Å². The van der Waals surface area contributed by atoms with Crippen molar-refractivity contribution in [1.29, 1.82) is 0 Å². The highest BCUT2D eigenvalue weighted by Crippen LogP contribution is 2.29. The van der Waals surface area contributed by atoms with Gasteiger partial charge in [0.25, 0.3) is 0 Å². The van der Waals surface area contributed by atoms with Gasteiger partial charge in [0.15, 0.2) is 0 Å². The van der Waals surface area contributed by atoms with Crippen molar-refractivity contribution < 1.29 is 0 Å². The average Bonchev–Trinajstić information content (AvgIpc) is 3.00. The maximum absolute atomic E-state index is 5.75. The quantitative estimate of drug-likeness (QED) is 0.616. The third kappa shape index (κ3) is 3.14. The third-order valence-corrected chi connectivity index (χ3v) is 5.43. The number of nitrogens with zero attached hydrogens (tertiary/aromatic N) is 2. The second-order valence-electron chi connectivity index (χ2n) is 4.75. The monoisotopic (exact) mass is 356 g/mol. The summed E-state index contributed by atoms with van der Waals surface area (Å²) in [6.07, 6.45) is 1.76. The van der Waals surface area contributed by atoms with E-state index in [0.717, 1.165) is 29.6 Å². The van der Waals surface area contributed by atoms with E-state index in [2.05, 4.69) is 64.0 Å². The highest BCUT2D eigenvalue weighted by molar-refractivity contribution is 9.10. The molecule has 2 aromatic heterocycles. The molecule has 1 unspecified atom stereocenters. The van der Waals surface area contributed by atoms with Gasteiger partial charge in [-0.1, -0.05) is 6.92 Å². The molecule has 2 aromatic rings. The largest absolute Gasteiger partial charge is 0.271 e. The molecule has 0 aromatic carbocycles. The van der Waals surface area contributed by atoms with Crippen molar-refractivity contribution in [2.45, 2.75) is 46.2 Å². The van der Waals surface area contributed by atoms with Crippen molar-refractivity contribution in [2.24, 2.45) is 5.84 Å². The van der Waals surface area contributed by atoms with Crippen LogP contribution in [0.5, 0.6) is 0 Å². The van der Waals surface area contributed by atoms with E-state index in [1.165, 1.54) is 15.4 Å². The second kappa shape index (κ2) is 6.85. The fourth-order valence-electron chi connectivity index (χ4n) is 2.29. The Labute approximate surface area is 132 Å². The first-order valence-corrected chi connectivity index (χ1v) is 8.48. The van der Waals surface area contributed by atoms with Gasteiger partial charge in [-0.15, -0.1) is 11.3 Å². The highest BCUT2D eigenvalue weighted by Gasteiger charge is 2.20. The molecule has 0 aliphatic carbocycles. The molecular weight excluding hydrogens is 336 g/mol. The number of hydrogen-bond acceptors (Lipinski definition) is 4. The lowest BCUT2D eigenvalue weighted by Crippen LogP contribution is -2.29. The lowest BCUT2D eigenvalue weighted by molar-refractivity contribution is 0.521. The Kier molecular flexibility index (Phi) is 5.37. The summed E-state index contributed by atoms with van der Waals surface area (Å²) in [6, 6.07) is 4.40. The Bertz CT molecular complexity index is 576. The Balaban J connectivity index is 2.29. The first-order valence-electron chi connectivity index (χ1n) is 6.87. The summed E-state index contributed by atoms with van der Waals surface area (Å²) < 4.78 is 3.18. The van der Waals surface area contributed by atoms with Gasteiger partial charge in [0.2, 0.25) is 0 Å². The summed E-state index contributed by atoms with van der Waals surface area (Å²) in [5.74, 6) is 5.75. The first kappa shape index (κ1) is 15.7. The van der Waals surface area contributed by atoms with Crippen LogP contribution >= 0.6 is 27.3 Å². The van der Waals surface area contributed by atoms with Crippen LogP contribution in [0.15, 0.2) is 16.6 Å². The van der Waals surface area contributed by atoms with Crippen molar-refractivity contribution in [3.8, 4) is 0 Å². The van der Waals surface area contributed by atoms with Gasteiger partial charge in [-0.05, 0) is 48.3 Å². The maximum atomic E-state index is 5.75. The number of aryl methyl sites for hydroxylation is 3. The Morgan fingerprint density at radius 1 is 1.45 bits per heavy atom. The van der Waals surface area contributed by atoms with Crippen LogP contribution < -0.4 is 11.3 Å². The molecule has 2 heterocycles. The van der Waals surface area contributed by atoms with Crippen LogP contribution in [0.25, 0.3) is 0 Å². The number of nitrogens with one attached hydrogen (secondary N) is 1. The minimum atomic E-state index is 0.122. The zero-order valence-corrected chi connectivity index (χ0v) is 14.5. The summed E-state index contributed by atoms with van der Waals surface area (Å²) in [5, 5.41) is 4.64. The predicted octanol–water partition coefficient (Wildman–Crippen LogP) is 3.34. The van der Waals surface area contributed by atoms with Crippen molar-refractivity contribution in [2.75, 3.05) is 0 Å². The molecule has 1 atom stereocenters.